The monoisotopic (exact) mass is 294 g/mol. The number of thiazole rings is 1. The molecule has 112 valence electrons. The summed E-state index contributed by atoms with van der Waals surface area (Å²) in [5, 5.41) is 10.2. The fraction of sp³-hybridized carbons (Fsp3) is 0.733. The van der Waals surface area contributed by atoms with Crippen LogP contribution < -0.4 is 10.6 Å². The molecule has 5 heteroatoms. The van der Waals surface area contributed by atoms with Crippen molar-refractivity contribution in [2.45, 2.75) is 58.5 Å². The van der Waals surface area contributed by atoms with Crippen LogP contribution in [0.1, 0.15) is 50.2 Å². The summed E-state index contributed by atoms with van der Waals surface area (Å²) in [6.07, 6.45) is 6.15. The molecular formula is C15H26N4S. The number of guanidine groups is 1. The second-order valence-corrected chi connectivity index (χ2v) is 6.56. The maximum absolute atomic E-state index is 4.56. The van der Waals surface area contributed by atoms with Crippen molar-refractivity contribution in [1.82, 2.24) is 15.6 Å². The fourth-order valence-corrected chi connectivity index (χ4v) is 3.30. The zero-order chi connectivity index (χ0) is 14.4. The summed E-state index contributed by atoms with van der Waals surface area (Å²) in [6.45, 7) is 5.23. The predicted octanol–water partition coefficient (Wildman–Crippen LogP) is 2.95. The van der Waals surface area contributed by atoms with E-state index in [1.165, 1.54) is 30.7 Å². The summed E-state index contributed by atoms with van der Waals surface area (Å²) in [4.78, 5) is 8.88. The number of nitrogens with zero attached hydrogens (tertiary/aromatic N) is 2. The van der Waals surface area contributed by atoms with Crippen LogP contribution in [0.2, 0.25) is 0 Å². The van der Waals surface area contributed by atoms with E-state index < -0.39 is 0 Å². The van der Waals surface area contributed by atoms with E-state index in [9.17, 15) is 0 Å². The molecule has 0 atom stereocenters. The SMILES string of the molecule is CCc1nc(CNC(=NC)NC2CCC(C)CC2)cs1. The fourth-order valence-electron chi connectivity index (χ4n) is 2.56. The Morgan fingerprint density at radius 2 is 2.15 bits per heavy atom. The number of nitrogens with one attached hydrogen (secondary N) is 2. The van der Waals surface area contributed by atoms with Crippen molar-refractivity contribution in [1.29, 1.82) is 0 Å². The van der Waals surface area contributed by atoms with Crippen molar-refractivity contribution in [3.63, 3.8) is 0 Å². The van der Waals surface area contributed by atoms with Crippen LogP contribution >= 0.6 is 11.3 Å². The van der Waals surface area contributed by atoms with Crippen molar-refractivity contribution in [3.8, 4) is 0 Å². The molecule has 0 aromatic carbocycles. The van der Waals surface area contributed by atoms with Crippen LogP contribution in [-0.4, -0.2) is 24.0 Å². The highest BCUT2D eigenvalue weighted by Gasteiger charge is 2.18. The maximum Gasteiger partial charge on any atom is 0.191 e. The first-order valence-electron chi connectivity index (χ1n) is 7.61. The van der Waals surface area contributed by atoms with E-state index in [1.54, 1.807) is 11.3 Å². The molecule has 2 N–H and O–H groups in total. The second kappa shape index (κ2) is 7.62. The Bertz CT molecular complexity index is 433. The average molecular weight is 294 g/mol. The lowest BCUT2D eigenvalue weighted by Gasteiger charge is -2.28. The Balaban J connectivity index is 1.77. The first-order valence-corrected chi connectivity index (χ1v) is 8.49. The van der Waals surface area contributed by atoms with E-state index in [0.717, 1.165) is 30.5 Å². The van der Waals surface area contributed by atoms with E-state index in [0.29, 0.717) is 6.04 Å². The van der Waals surface area contributed by atoms with Crippen LogP contribution in [0, 0.1) is 5.92 Å². The highest BCUT2D eigenvalue weighted by atomic mass is 32.1. The molecule has 0 aliphatic heterocycles. The number of hydrogen-bond donors (Lipinski definition) is 2. The minimum absolute atomic E-state index is 0.569. The van der Waals surface area contributed by atoms with Gasteiger partial charge in [0, 0.05) is 18.5 Å². The Morgan fingerprint density at radius 3 is 2.75 bits per heavy atom. The number of aromatic nitrogens is 1. The lowest BCUT2D eigenvalue weighted by molar-refractivity contribution is 0.329. The molecule has 1 aliphatic carbocycles. The van der Waals surface area contributed by atoms with Gasteiger partial charge in [-0.3, -0.25) is 4.99 Å². The Kier molecular flexibility index (Phi) is 5.83. The van der Waals surface area contributed by atoms with Crippen molar-refractivity contribution >= 4 is 17.3 Å². The van der Waals surface area contributed by atoms with Gasteiger partial charge in [0.25, 0.3) is 0 Å². The Hall–Kier alpha value is -1.10. The third kappa shape index (κ3) is 4.47. The van der Waals surface area contributed by atoms with E-state index in [-0.39, 0.29) is 0 Å². The highest BCUT2D eigenvalue weighted by Crippen LogP contribution is 2.23. The summed E-state index contributed by atoms with van der Waals surface area (Å²) in [6, 6.07) is 0.569. The predicted molar refractivity (Wildman–Crippen MR) is 86.2 cm³/mol. The summed E-state index contributed by atoms with van der Waals surface area (Å²) in [7, 11) is 1.83. The van der Waals surface area contributed by atoms with Gasteiger partial charge in [-0.1, -0.05) is 13.8 Å². The zero-order valence-corrected chi connectivity index (χ0v) is 13.6. The molecule has 0 spiro atoms. The molecule has 0 saturated heterocycles. The van der Waals surface area contributed by atoms with Gasteiger partial charge in [-0.05, 0) is 38.0 Å². The van der Waals surface area contributed by atoms with Crippen LogP contribution in [0.4, 0.5) is 0 Å². The molecule has 0 bridgehead atoms. The van der Waals surface area contributed by atoms with Crippen LogP contribution in [0.5, 0.6) is 0 Å². The van der Waals surface area contributed by atoms with Crippen LogP contribution in [0.25, 0.3) is 0 Å². The first-order chi connectivity index (χ1) is 9.71. The zero-order valence-electron chi connectivity index (χ0n) is 12.8. The number of aliphatic imine (C=N–C) groups is 1. The first kappa shape index (κ1) is 15.3. The van der Waals surface area contributed by atoms with E-state index in [4.69, 9.17) is 0 Å². The quantitative estimate of drug-likeness (QED) is 0.663. The molecule has 4 nitrogen and oxygen atoms in total. The second-order valence-electron chi connectivity index (χ2n) is 5.61. The topological polar surface area (TPSA) is 49.3 Å². The van der Waals surface area contributed by atoms with Crippen molar-refractivity contribution in [3.05, 3.63) is 16.1 Å². The summed E-state index contributed by atoms with van der Waals surface area (Å²) >= 11 is 1.73. The van der Waals surface area contributed by atoms with Gasteiger partial charge >= 0.3 is 0 Å². The third-order valence-electron chi connectivity index (χ3n) is 3.92. The molecule has 0 amide bonds. The number of rotatable bonds is 4. The van der Waals surface area contributed by atoms with Gasteiger partial charge in [-0.25, -0.2) is 4.98 Å². The van der Waals surface area contributed by atoms with Crippen molar-refractivity contribution < 1.29 is 0 Å². The molecule has 0 radical (unpaired) electrons. The van der Waals surface area contributed by atoms with Gasteiger partial charge in [0.2, 0.25) is 0 Å². The molecule has 1 aliphatic rings. The minimum Gasteiger partial charge on any atom is -0.354 e. The molecule has 1 aromatic rings. The van der Waals surface area contributed by atoms with Gasteiger partial charge in [0.1, 0.15) is 0 Å². The molecule has 0 unspecified atom stereocenters. The average Bonchev–Trinajstić information content (AvgIpc) is 2.93. The molecule has 2 rings (SSSR count). The summed E-state index contributed by atoms with van der Waals surface area (Å²) in [5.41, 5.74) is 1.10. The summed E-state index contributed by atoms with van der Waals surface area (Å²) < 4.78 is 0. The third-order valence-corrected chi connectivity index (χ3v) is 4.96. The largest absolute Gasteiger partial charge is 0.354 e. The van der Waals surface area contributed by atoms with Gasteiger partial charge in [-0.2, -0.15) is 0 Å². The van der Waals surface area contributed by atoms with Crippen LogP contribution in [0.3, 0.4) is 0 Å². The van der Waals surface area contributed by atoms with E-state index in [2.05, 4.69) is 39.8 Å². The van der Waals surface area contributed by atoms with Gasteiger partial charge in [-0.15, -0.1) is 11.3 Å². The minimum atomic E-state index is 0.569. The van der Waals surface area contributed by atoms with Crippen molar-refractivity contribution in [2.75, 3.05) is 7.05 Å². The Morgan fingerprint density at radius 1 is 1.40 bits per heavy atom. The van der Waals surface area contributed by atoms with E-state index in [1.807, 2.05) is 7.05 Å². The van der Waals surface area contributed by atoms with Crippen LogP contribution in [0.15, 0.2) is 10.4 Å². The van der Waals surface area contributed by atoms with Gasteiger partial charge in [0.05, 0.1) is 17.2 Å². The highest BCUT2D eigenvalue weighted by molar-refractivity contribution is 7.09. The van der Waals surface area contributed by atoms with Gasteiger partial charge in [0.15, 0.2) is 5.96 Å². The standard InChI is InChI=1S/C15H26N4S/c1-4-14-18-13(10-20-14)9-17-15(16-3)19-12-7-5-11(2)6-8-12/h10-12H,4-9H2,1-3H3,(H2,16,17,19). The number of aryl methyl sites for hydroxylation is 1. The lowest BCUT2D eigenvalue weighted by Crippen LogP contribution is -2.44. The maximum atomic E-state index is 4.56. The number of hydrogen-bond acceptors (Lipinski definition) is 3. The molecule has 1 saturated carbocycles. The smallest absolute Gasteiger partial charge is 0.191 e. The lowest BCUT2D eigenvalue weighted by atomic mass is 9.87. The molecular weight excluding hydrogens is 268 g/mol. The molecule has 1 heterocycles. The van der Waals surface area contributed by atoms with E-state index >= 15 is 0 Å². The molecule has 1 fully saturated rings. The van der Waals surface area contributed by atoms with Crippen LogP contribution in [-0.2, 0) is 13.0 Å². The molecule has 20 heavy (non-hydrogen) atoms. The normalized spacial score (nSPS) is 23.6. The summed E-state index contributed by atoms with van der Waals surface area (Å²) in [5.74, 6) is 1.78. The Labute approximate surface area is 126 Å². The molecule has 1 aromatic heterocycles. The van der Waals surface area contributed by atoms with Crippen molar-refractivity contribution in [2.24, 2.45) is 10.9 Å². The van der Waals surface area contributed by atoms with Gasteiger partial charge < -0.3 is 10.6 Å².